The second-order valence-electron chi connectivity index (χ2n) is 4.86. The number of halogens is 1. The maximum absolute atomic E-state index is 4.43. The summed E-state index contributed by atoms with van der Waals surface area (Å²) < 4.78 is 1.20. The Balaban J connectivity index is 2.28. The van der Waals surface area contributed by atoms with Crippen molar-refractivity contribution in [2.24, 2.45) is 0 Å². The smallest absolute Gasteiger partial charge is 0.139 e. The number of rotatable bonds is 7. The van der Waals surface area contributed by atoms with Crippen LogP contribution in [0.15, 0.2) is 30.6 Å². The van der Waals surface area contributed by atoms with Gasteiger partial charge in [-0.15, -0.1) is 0 Å². The Morgan fingerprint density at radius 2 is 1.90 bits per heavy atom. The number of aromatic nitrogens is 2. The molecule has 0 saturated carbocycles. The fraction of sp³-hybridized carbons (Fsp3) is 0.375. The fourth-order valence-electron chi connectivity index (χ4n) is 2.11. The first-order valence-corrected chi connectivity index (χ1v) is 8.42. The van der Waals surface area contributed by atoms with Crippen molar-refractivity contribution < 1.29 is 0 Å². The summed E-state index contributed by atoms with van der Waals surface area (Å²) >= 11 is 2.31. The van der Waals surface area contributed by atoms with Gasteiger partial charge in [0.2, 0.25) is 0 Å². The molecule has 0 radical (unpaired) electrons. The number of benzene rings is 1. The molecule has 1 aromatic heterocycles. The van der Waals surface area contributed by atoms with Crippen LogP contribution in [0.3, 0.4) is 0 Å². The molecule has 0 bridgehead atoms. The van der Waals surface area contributed by atoms with E-state index in [-0.39, 0.29) is 0 Å². The highest BCUT2D eigenvalue weighted by molar-refractivity contribution is 14.1. The van der Waals surface area contributed by atoms with Crippen LogP contribution >= 0.6 is 22.6 Å². The Bertz CT molecular complexity index is 586. The van der Waals surface area contributed by atoms with Gasteiger partial charge in [-0.1, -0.05) is 26.3 Å². The van der Waals surface area contributed by atoms with E-state index in [0.717, 1.165) is 48.7 Å². The molecular formula is C16H21IN4. The monoisotopic (exact) mass is 396 g/mol. The molecule has 2 N–H and O–H groups in total. The summed E-state index contributed by atoms with van der Waals surface area (Å²) in [5, 5.41) is 6.81. The topological polar surface area (TPSA) is 49.8 Å². The molecule has 0 spiro atoms. The Morgan fingerprint density at radius 1 is 1.10 bits per heavy atom. The minimum atomic E-state index is 0.896. The van der Waals surface area contributed by atoms with Crippen LogP contribution in [0.25, 0.3) is 0 Å². The lowest BCUT2D eigenvalue weighted by atomic mass is 10.1. The highest BCUT2D eigenvalue weighted by atomic mass is 127. The van der Waals surface area contributed by atoms with Crippen molar-refractivity contribution in [1.29, 1.82) is 0 Å². The van der Waals surface area contributed by atoms with E-state index in [1.165, 1.54) is 3.57 Å². The molecule has 0 aliphatic rings. The molecule has 112 valence electrons. The van der Waals surface area contributed by atoms with Gasteiger partial charge in [-0.2, -0.15) is 0 Å². The van der Waals surface area contributed by atoms with E-state index in [4.69, 9.17) is 0 Å². The zero-order valence-electron chi connectivity index (χ0n) is 12.5. The molecule has 1 heterocycles. The first-order chi connectivity index (χ1) is 10.2. The molecule has 0 amide bonds. The van der Waals surface area contributed by atoms with Crippen LogP contribution in [-0.2, 0) is 6.42 Å². The minimum Gasteiger partial charge on any atom is -0.370 e. The van der Waals surface area contributed by atoms with Crippen LogP contribution in [0, 0.1) is 3.57 Å². The zero-order chi connectivity index (χ0) is 15.1. The van der Waals surface area contributed by atoms with E-state index >= 15 is 0 Å². The lowest BCUT2D eigenvalue weighted by Crippen LogP contribution is -2.09. The zero-order valence-corrected chi connectivity index (χ0v) is 14.6. The van der Waals surface area contributed by atoms with Crippen molar-refractivity contribution in [2.45, 2.75) is 33.1 Å². The molecule has 2 rings (SSSR count). The molecule has 2 aromatic rings. The van der Waals surface area contributed by atoms with Gasteiger partial charge in [0.25, 0.3) is 0 Å². The SMILES string of the molecule is CCCNc1ncnc(Nc2cccc(I)c2)c1CCC. The van der Waals surface area contributed by atoms with Crippen LogP contribution in [0.4, 0.5) is 17.3 Å². The molecule has 0 fully saturated rings. The highest BCUT2D eigenvalue weighted by Gasteiger charge is 2.10. The van der Waals surface area contributed by atoms with Crippen molar-refractivity contribution >= 4 is 39.9 Å². The van der Waals surface area contributed by atoms with E-state index in [9.17, 15) is 0 Å². The van der Waals surface area contributed by atoms with Gasteiger partial charge in [0, 0.05) is 21.4 Å². The largest absolute Gasteiger partial charge is 0.370 e. The average molecular weight is 396 g/mol. The van der Waals surface area contributed by atoms with Gasteiger partial charge < -0.3 is 10.6 Å². The van der Waals surface area contributed by atoms with E-state index in [1.807, 2.05) is 6.07 Å². The summed E-state index contributed by atoms with van der Waals surface area (Å²) in [4.78, 5) is 8.82. The van der Waals surface area contributed by atoms with Crippen LogP contribution < -0.4 is 10.6 Å². The van der Waals surface area contributed by atoms with Crippen molar-refractivity contribution in [2.75, 3.05) is 17.2 Å². The Hall–Kier alpha value is -1.37. The maximum Gasteiger partial charge on any atom is 0.139 e. The molecule has 4 nitrogen and oxygen atoms in total. The van der Waals surface area contributed by atoms with E-state index in [2.05, 4.69) is 75.2 Å². The molecule has 0 saturated heterocycles. The average Bonchev–Trinajstić information content (AvgIpc) is 2.48. The van der Waals surface area contributed by atoms with Gasteiger partial charge in [0.1, 0.15) is 18.0 Å². The van der Waals surface area contributed by atoms with Crippen LogP contribution in [0.2, 0.25) is 0 Å². The predicted octanol–water partition coefficient (Wildman–Crippen LogP) is 4.60. The lowest BCUT2D eigenvalue weighted by Gasteiger charge is -2.15. The van der Waals surface area contributed by atoms with Crippen LogP contribution in [0.5, 0.6) is 0 Å². The Labute approximate surface area is 139 Å². The van der Waals surface area contributed by atoms with E-state index in [0.29, 0.717) is 0 Å². The molecule has 0 aliphatic carbocycles. The van der Waals surface area contributed by atoms with Crippen molar-refractivity contribution in [3.05, 3.63) is 39.7 Å². The Morgan fingerprint density at radius 3 is 2.62 bits per heavy atom. The van der Waals surface area contributed by atoms with E-state index < -0.39 is 0 Å². The molecule has 21 heavy (non-hydrogen) atoms. The van der Waals surface area contributed by atoms with Gasteiger partial charge in [-0.25, -0.2) is 9.97 Å². The van der Waals surface area contributed by atoms with Gasteiger partial charge in [-0.05, 0) is 53.6 Å². The third-order valence-electron chi connectivity index (χ3n) is 3.08. The summed E-state index contributed by atoms with van der Waals surface area (Å²) in [6, 6.07) is 8.28. The summed E-state index contributed by atoms with van der Waals surface area (Å²) in [5.74, 6) is 1.84. The first kappa shape index (κ1) is 16.0. The van der Waals surface area contributed by atoms with Gasteiger partial charge in [0.15, 0.2) is 0 Å². The second kappa shape index (κ2) is 8.17. The number of nitrogens with one attached hydrogen (secondary N) is 2. The molecule has 0 unspecified atom stereocenters. The highest BCUT2D eigenvalue weighted by Crippen LogP contribution is 2.25. The summed E-state index contributed by atoms with van der Waals surface area (Å²) in [6.45, 7) is 5.25. The molecule has 0 aliphatic heterocycles. The summed E-state index contributed by atoms with van der Waals surface area (Å²) in [5.41, 5.74) is 2.21. The molecule has 0 atom stereocenters. The van der Waals surface area contributed by atoms with Crippen LogP contribution in [0.1, 0.15) is 32.3 Å². The van der Waals surface area contributed by atoms with Gasteiger partial charge in [0.05, 0.1) is 0 Å². The van der Waals surface area contributed by atoms with Crippen molar-refractivity contribution in [1.82, 2.24) is 9.97 Å². The van der Waals surface area contributed by atoms with Crippen molar-refractivity contribution in [3.63, 3.8) is 0 Å². The summed E-state index contributed by atoms with van der Waals surface area (Å²) in [7, 11) is 0. The lowest BCUT2D eigenvalue weighted by molar-refractivity contribution is 0.892. The number of hydrogen-bond donors (Lipinski definition) is 2. The number of nitrogens with zero attached hydrogens (tertiary/aromatic N) is 2. The van der Waals surface area contributed by atoms with E-state index in [1.54, 1.807) is 6.33 Å². The molecular weight excluding hydrogens is 375 g/mol. The maximum atomic E-state index is 4.43. The normalized spacial score (nSPS) is 10.4. The molecule has 1 aromatic carbocycles. The number of hydrogen-bond acceptors (Lipinski definition) is 4. The minimum absolute atomic E-state index is 0.896. The predicted molar refractivity (Wildman–Crippen MR) is 97.2 cm³/mol. The standard InChI is InChI=1S/C16H21IN4/c1-3-6-14-15(18-9-4-2)19-11-20-16(14)21-13-8-5-7-12(17)10-13/h5,7-8,10-11H,3-4,6,9H2,1-2H3,(H2,18,19,20,21). The molecule has 5 heteroatoms. The second-order valence-corrected chi connectivity index (χ2v) is 6.11. The quantitative estimate of drug-likeness (QED) is 0.672. The summed E-state index contributed by atoms with van der Waals surface area (Å²) in [6.07, 6.45) is 4.72. The van der Waals surface area contributed by atoms with Crippen LogP contribution in [-0.4, -0.2) is 16.5 Å². The van der Waals surface area contributed by atoms with Gasteiger partial charge >= 0.3 is 0 Å². The fourth-order valence-corrected chi connectivity index (χ4v) is 2.65. The Kier molecular flexibility index (Phi) is 6.22. The third kappa shape index (κ3) is 4.56. The number of anilines is 3. The van der Waals surface area contributed by atoms with Crippen molar-refractivity contribution in [3.8, 4) is 0 Å². The first-order valence-electron chi connectivity index (χ1n) is 7.35. The third-order valence-corrected chi connectivity index (χ3v) is 3.75. The van der Waals surface area contributed by atoms with Gasteiger partial charge in [-0.3, -0.25) is 0 Å².